The molecular formula is C15H18N2O7. The van der Waals surface area contributed by atoms with Crippen LogP contribution >= 0.6 is 0 Å². The highest BCUT2D eigenvalue weighted by atomic mass is 16.7. The minimum Gasteiger partial charge on any atom is -0.440 e. The Bertz CT molecular complexity index is 599. The van der Waals surface area contributed by atoms with E-state index in [9.17, 15) is 20.1 Å². The number of hydrogen-bond acceptors (Lipinski definition) is 8. The number of ether oxygens (including phenoxy) is 3. The molecule has 0 unspecified atom stereocenters. The fraction of sp³-hybridized carbons (Fsp3) is 0.467. The van der Waals surface area contributed by atoms with Gasteiger partial charge in [-0.3, -0.25) is 5.32 Å². The number of nitriles is 1. The van der Waals surface area contributed by atoms with Gasteiger partial charge in [-0.05, 0) is 24.3 Å². The second-order valence-corrected chi connectivity index (χ2v) is 5.13. The zero-order chi connectivity index (χ0) is 17.7. The van der Waals surface area contributed by atoms with E-state index in [4.69, 9.17) is 19.5 Å². The van der Waals surface area contributed by atoms with Crippen LogP contribution in [0.2, 0.25) is 0 Å². The first kappa shape index (κ1) is 18.1. The highest BCUT2D eigenvalue weighted by Crippen LogP contribution is 2.24. The Labute approximate surface area is 138 Å². The smallest absolute Gasteiger partial charge is 0.412 e. The van der Waals surface area contributed by atoms with E-state index in [1.54, 1.807) is 0 Å². The van der Waals surface area contributed by atoms with Crippen molar-refractivity contribution in [3.63, 3.8) is 0 Å². The maximum Gasteiger partial charge on any atom is 0.412 e. The van der Waals surface area contributed by atoms with Crippen LogP contribution in [-0.2, 0) is 14.2 Å². The lowest BCUT2D eigenvalue weighted by Crippen LogP contribution is -2.60. The highest BCUT2D eigenvalue weighted by molar-refractivity contribution is 5.84. The van der Waals surface area contributed by atoms with Crippen molar-refractivity contribution in [2.75, 3.05) is 19.0 Å². The fourth-order valence-electron chi connectivity index (χ4n) is 2.29. The fourth-order valence-corrected chi connectivity index (χ4v) is 2.29. The largest absolute Gasteiger partial charge is 0.440 e. The van der Waals surface area contributed by atoms with Crippen molar-refractivity contribution in [1.29, 1.82) is 5.26 Å². The second-order valence-electron chi connectivity index (χ2n) is 5.13. The lowest BCUT2D eigenvalue weighted by Gasteiger charge is -2.40. The van der Waals surface area contributed by atoms with Gasteiger partial charge in [-0.2, -0.15) is 5.26 Å². The van der Waals surface area contributed by atoms with Gasteiger partial charge in [0.1, 0.15) is 18.3 Å². The topological polar surface area (TPSA) is 141 Å². The maximum atomic E-state index is 11.9. The molecule has 1 amide bonds. The number of anilines is 1. The number of carbonyl (C=O) groups excluding carboxylic acids is 1. The van der Waals surface area contributed by atoms with Gasteiger partial charge in [-0.25, -0.2) is 4.79 Å². The average Bonchev–Trinajstić information content (AvgIpc) is 2.60. The monoisotopic (exact) mass is 338 g/mol. The summed E-state index contributed by atoms with van der Waals surface area (Å²) in [5, 5.41) is 40.4. The van der Waals surface area contributed by atoms with Gasteiger partial charge >= 0.3 is 6.09 Å². The zero-order valence-corrected chi connectivity index (χ0v) is 12.8. The summed E-state index contributed by atoms with van der Waals surface area (Å²) >= 11 is 0. The van der Waals surface area contributed by atoms with Crippen molar-refractivity contribution in [2.24, 2.45) is 0 Å². The van der Waals surface area contributed by atoms with Crippen LogP contribution in [0.4, 0.5) is 10.5 Å². The minimum atomic E-state index is -1.49. The Balaban J connectivity index is 2.01. The molecular weight excluding hydrogens is 320 g/mol. The molecule has 1 aromatic carbocycles. The molecule has 0 aliphatic carbocycles. The third-order valence-corrected chi connectivity index (χ3v) is 3.56. The quantitative estimate of drug-likeness (QED) is 0.579. The summed E-state index contributed by atoms with van der Waals surface area (Å²) in [4.78, 5) is 11.9. The van der Waals surface area contributed by atoms with E-state index in [-0.39, 0.29) is 0 Å². The van der Waals surface area contributed by atoms with E-state index < -0.39 is 43.4 Å². The molecule has 9 heteroatoms. The summed E-state index contributed by atoms with van der Waals surface area (Å²) in [6, 6.07) is 7.98. The molecule has 9 nitrogen and oxygen atoms in total. The Morgan fingerprint density at radius 2 is 2.00 bits per heavy atom. The number of carbonyl (C=O) groups is 1. The molecule has 1 aliphatic rings. The maximum absolute atomic E-state index is 11.9. The number of benzene rings is 1. The summed E-state index contributed by atoms with van der Waals surface area (Å²) in [6.45, 7) is -0.543. The average molecular weight is 338 g/mol. The molecule has 0 spiro atoms. The van der Waals surface area contributed by atoms with Gasteiger partial charge < -0.3 is 29.5 Å². The summed E-state index contributed by atoms with van der Waals surface area (Å²) in [7, 11) is 1.27. The summed E-state index contributed by atoms with van der Waals surface area (Å²) < 4.78 is 15.2. The van der Waals surface area contributed by atoms with E-state index in [2.05, 4.69) is 5.32 Å². The van der Waals surface area contributed by atoms with Crippen molar-refractivity contribution in [3.8, 4) is 6.07 Å². The first-order valence-electron chi connectivity index (χ1n) is 7.13. The van der Waals surface area contributed by atoms with Crippen molar-refractivity contribution in [3.05, 3.63) is 29.8 Å². The first-order chi connectivity index (χ1) is 11.5. The van der Waals surface area contributed by atoms with Crippen LogP contribution < -0.4 is 5.32 Å². The van der Waals surface area contributed by atoms with E-state index in [0.29, 0.717) is 11.3 Å². The van der Waals surface area contributed by atoms with Gasteiger partial charge in [0.05, 0.1) is 18.2 Å². The number of aliphatic hydroxyl groups is 3. The van der Waals surface area contributed by atoms with Gasteiger partial charge in [0.15, 0.2) is 12.4 Å². The lowest BCUT2D eigenvalue weighted by atomic mass is 9.99. The lowest BCUT2D eigenvalue weighted by molar-refractivity contribution is -0.293. The van der Waals surface area contributed by atoms with Crippen molar-refractivity contribution < 1.29 is 34.3 Å². The van der Waals surface area contributed by atoms with E-state index >= 15 is 0 Å². The Kier molecular flexibility index (Phi) is 6.08. The summed E-state index contributed by atoms with van der Waals surface area (Å²) in [5.41, 5.74) is 0.806. The van der Waals surface area contributed by atoms with E-state index in [1.807, 2.05) is 6.07 Å². The van der Waals surface area contributed by atoms with Crippen LogP contribution in [0.15, 0.2) is 24.3 Å². The standard InChI is InChI=1S/C15H18N2O7/c1-22-14-12(20)11(19)13(10(7-18)23-14)24-15(21)17-9-4-2-8(6-16)3-5-9/h2-5,10-14,18-20H,7H2,1H3,(H,17,21)/t10-,11-,12-,13-,14+/m1/s1. The van der Waals surface area contributed by atoms with Gasteiger partial charge in [0.25, 0.3) is 0 Å². The third-order valence-electron chi connectivity index (χ3n) is 3.56. The number of hydrogen-bond donors (Lipinski definition) is 4. The van der Waals surface area contributed by atoms with Crippen LogP contribution in [-0.4, -0.2) is 65.8 Å². The predicted molar refractivity (Wildman–Crippen MR) is 79.8 cm³/mol. The number of methoxy groups -OCH3 is 1. The van der Waals surface area contributed by atoms with Crippen LogP contribution in [0.25, 0.3) is 0 Å². The SMILES string of the molecule is CO[C@H]1O[C@H](CO)[C@@H](OC(=O)Nc2ccc(C#N)cc2)[C@H](O)[C@H]1O. The number of rotatable bonds is 4. The molecule has 0 radical (unpaired) electrons. The zero-order valence-electron chi connectivity index (χ0n) is 12.8. The Hall–Kier alpha value is -2.22. The van der Waals surface area contributed by atoms with Crippen LogP contribution in [0.1, 0.15) is 5.56 Å². The molecule has 1 heterocycles. The molecule has 130 valence electrons. The van der Waals surface area contributed by atoms with Gasteiger partial charge in [-0.1, -0.05) is 0 Å². The van der Waals surface area contributed by atoms with Gasteiger partial charge in [-0.15, -0.1) is 0 Å². The van der Waals surface area contributed by atoms with Gasteiger partial charge in [0, 0.05) is 12.8 Å². The molecule has 0 bridgehead atoms. The first-order valence-corrected chi connectivity index (χ1v) is 7.13. The molecule has 4 N–H and O–H groups in total. The van der Waals surface area contributed by atoms with Gasteiger partial charge in [0.2, 0.25) is 0 Å². The van der Waals surface area contributed by atoms with Crippen molar-refractivity contribution >= 4 is 11.8 Å². The van der Waals surface area contributed by atoms with Crippen LogP contribution in [0, 0.1) is 11.3 Å². The molecule has 5 atom stereocenters. The normalized spacial score (nSPS) is 29.5. The molecule has 0 aromatic heterocycles. The molecule has 24 heavy (non-hydrogen) atoms. The number of aliphatic hydroxyl groups excluding tert-OH is 3. The predicted octanol–water partition coefficient (Wildman–Crippen LogP) is -0.439. The number of nitrogens with zero attached hydrogens (tertiary/aromatic N) is 1. The summed E-state index contributed by atoms with van der Waals surface area (Å²) in [6.07, 6.45) is -7.32. The Morgan fingerprint density at radius 1 is 1.33 bits per heavy atom. The third kappa shape index (κ3) is 4.00. The summed E-state index contributed by atoms with van der Waals surface area (Å²) in [5.74, 6) is 0. The number of nitrogens with one attached hydrogen (secondary N) is 1. The highest BCUT2D eigenvalue weighted by Gasteiger charge is 2.46. The van der Waals surface area contributed by atoms with Crippen LogP contribution in [0.5, 0.6) is 0 Å². The van der Waals surface area contributed by atoms with Crippen LogP contribution in [0.3, 0.4) is 0 Å². The molecule has 1 aromatic rings. The molecule has 1 saturated heterocycles. The molecule has 0 saturated carbocycles. The molecule has 1 aliphatic heterocycles. The number of amides is 1. The van der Waals surface area contributed by atoms with E-state index in [0.717, 1.165) is 0 Å². The minimum absolute atomic E-state index is 0.376. The molecule has 2 rings (SSSR count). The van der Waals surface area contributed by atoms with Crippen molar-refractivity contribution in [2.45, 2.75) is 30.7 Å². The second kappa shape index (κ2) is 8.05. The van der Waals surface area contributed by atoms with E-state index in [1.165, 1.54) is 31.4 Å². The molecule has 1 fully saturated rings. The van der Waals surface area contributed by atoms with Crippen molar-refractivity contribution in [1.82, 2.24) is 0 Å². The Morgan fingerprint density at radius 3 is 2.54 bits per heavy atom.